The standard InChI is InChI=1S/C9H15N3O2/c1-7-5-9(13,3-4-14-7)8-6-10-11-12(8)2/h6-7,13H,3-5H2,1-2H3. The number of aromatic nitrogens is 3. The van der Waals surface area contributed by atoms with Crippen LogP contribution in [0.3, 0.4) is 0 Å². The van der Waals surface area contributed by atoms with Crippen molar-refractivity contribution < 1.29 is 9.84 Å². The van der Waals surface area contributed by atoms with Crippen LogP contribution in [0.25, 0.3) is 0 Å². The number of rotatable bonds is 1. The van der Waals surface area contributed by atoms with E-state index in [0.29, 0.717) is 19.4 Å². The van der Waals surface area contributed by atoms with E-state index in [2.05, 4.69) is 10.3 Å². The average molecular weight is 197 g/mol. The fourth-order valence-electron chi connectivity index (χ4n) is 2.01. The van der Waals surface area contributed by atoms with Gasteiger partial charge in [-0.3, -0.25) is 0 Å². The van der Waals surface area contributed by atoms with Gasteiger partial charge < -0.3 is 9.84 Å². The lowest BCUT2D eigenvalue weighted by Crippen LogP contribution is -2.38. The van der Waals surface area contributed by atoms with E-state index in [4.69, 9.17) is 4.74 Å². The number of aryl methyl sites for hydroxylation is 1. The minimum atomic E-state index is -0.823. The van der Waals surface area contributed by atoms with Crippen LogP contribution >= 0.6 is 0 Å². The fourth-order valence-corrected chi connectivity index (χ4v) is 2.01. The van der Waals surface area contributed by atoms with Crippen molar-refractivity contribution in [3.8, 4) is 0 Å². The smallest absolute Gasteiger partial charge is 0.112 e. The topological polar surface area (TPSA) is 60.2 Å². The quantitative estimate of drug-likeness (QED) is 0.698. The van der Waals surface area contributed by atoms with E-state index >= 15 is 0 Å². The van der Waals surface area contributed by atoms with Gasteiger partial charge in [-0.2, -0.15) is 0 Å². The molecule has 1 aromatic rings. The van der Waals surface area contributed by atoms with Crippen molar-refractivity contribution in [2.75, 3.05) is 6.61 Å². The van der Waals surface area contributed by atoms with Gasteiger partial charge in [-0.15, -0.1) is 5.10 Å². The molecular formula is C9H15N3O2. The molecule has 0 aliphatic carbocycles. The maximum atomic E-state index is 10.4. The zero-order chi connectivity index (χ0) is 10.2. The zero-order valence-electron chi connectivity index (χ0n) is 8.47. The summed E-state index contributed by atoms with van der Waals surface area (Å²) in [5.41, 5.74) is -0.0525. The lowest BCUT2D eigenvalue weighted by atomic mass is 9.88. The van der Waals surface area contributed by atoms with Crippen LogP contribution < -0.4 is 0 Å². The molecular weight excluding hydrogens is 182 g/mol. The average Bonchev–Trinajstić information content (AvgIpc) is 2.51. The van der Waals surface area contributed by atoms with Gasteiger partial charge in [-0.05, 0) is 6.92 Å². The third-order valence-electron chi connectivity index (χ3n) is 2.73. The number of ether oxygens (including phenoxy) is 1. The molecule has 1 fully saturated rings. The minimum absolute atomic E-state index is 0.0867. The molecule has 2 rings (SSSR count). The molecule has 1 aliphatic rings. The van der Waals surface area contributed by atoms with E-state index in [0.717, 1.165) is 5.69 Å². The van der Waals surface area contributed by atoms with E-state index in [1.807, 2.05) is 6.92 Å². The van der Waals surface area contributed by atoms with Crippen LogP contribution in [0.1, 0.15) is 25.5 Å². The molecule has 1 aromatic heterocycles. The number of hydrogen-bond acceptors (Lipinski definition) is 4. The molecule has 14 heavy (non-hydrogen) atoms. The van der Waals surface area contributed by atoms with Gasteiger partial charge in [-0.1, -0.05) is 5.21 Å². The van der Waals surface area contributed by atoms with Crippen LogP contribution in [-0.4, -0.2) is 32.8 Å². The highest BCUT2D eigenvalue weighted by atomic mass is 16.5. The van der Waals surface area contributed by atoms with Crippen LogP contribution in [0.15, 0.2) is 6.20 Å². The lowest BCUT2D eigenvalue weighted by Gasteiger charge is -2.35. The minimum Gasteiger partial charge on any atom is -0.383 e. The normalized spacial score (nSPS) is 33.2. The van der Waals surface area contributed by atoms with Crippen LogP contribution in [-0.2, 0) is 17.4 Å². The molecule has 0 radical (unpaired) electrons. The molecule has 2 heterocycles. The molecule has 5 heteroatoms. The maximum Gasteiger partial charge on any atom is 0.112 e. The molecule has 0 saturated carbocycles. The van der Waals surface area contributed by atoms with Crippen molar-refractivity contribution >= 4 is 0 Å². The first-order valence-electron chi connectivity index (χ1n) is 4.81. The van der Waals surface area contributed by atoms with Crippen LogP contribution in [0.5, 0.6) is 0 Å². The highest BCUT2D eigenvalue weighted by molar-refractivity contribution is 5.09. The van der Waals surface area contributed by atoms with Gasteiger partial charge in [0, 0.05) is 19.9 Å². The molecule has 0 spiro atoms. The highest BCUT2D eigenvalue weighted by Gasteiger charge is 2.37. The Labute approximate surface area is 82.7 Å². The monoisotopic (exact) mass is 197 g/mol. The van der Waals surface area contributed by atoms with Gasteiger partial charge in [0.1, 0.15) is 5.60 Å². The van der Waals surface area contributed by atoms with E-state index in [1.165, 1.54) is 0 Å². The molecule has 5 nitrogen and oxygen atoms in total. The summed E-state index contributed by atoms with van der Waals surface area (Å²) >= 11 is 0. The van der Waals surface area contributed by atoms with E-state index < -0.39 is 5.60 Å². The van der Waals surface area contributed by atoms with Crippen molar-refractivity contribution in [1.82, 2.24) is 15.0 Å². The zero-order valence-corrected chi connectivity index (χ0v) is 8.47. The first-order chi connectivity index (χ1) is 6.62. The molecule has 78 valence electrons. The van der Waals surface area contributed by atoms with Gasteiger partial charge >= 0.3 is 0 Å². The second-order valence-electron chi connectivity index (χ2n) is 3.91. The van der Waals surface area contributed by atoms with Gasteiger partial charge in [0.25, 0.3) is 0 Å². The van der Waals surface area contributed by atoms with Gasteiger partial charge in [0.15, 0.2) is 0 Å². The van der Waals surface area contributed by atoms with Crippen molar-refractivity contribution in [1.29, 1.82) is 0 Å². The maximum absolute atomic E-state index is 10.4. The largest absolute Gasteiger partial charge is 0.383 e. The molecule has 0 bridgehead atoms. The summed E-state index contributed by atoms with van der Waals surface area (Å²) in [6.45, 7) is 2.55. The molecule has 0 amide bonds. The summed E-state index contributed by atoms with van der Waals surface area (Å²) in [7, 11) is 1.79. The SMILES string of the molecule is CC1CC(O)(c2cnnn2C)CCO1. The number of aliphatic hydroxyl groups is 1. The molecule has 2 atom stereocenters. The Morgan fingerprint density at radius 1 is 1.71 bits per heavy atom. The van der Waals surface area contributed by atoms with Crippen molar-refractivity contribution in [2.45, 2.75) is 31.5 Å². The summed E-state index contributed by atoms with van der Waals surface area (Å²) in [5.74, 6) is 0. The Morgan fingerprint density at radius 3 is 3.07 bits per heavy atom. The number of nitrogens with zero attached hydrogens (tertiary/aromatic N) is 3. The highest BCUT2D eigenvalue weighted by Crippen LogP contribution is 2.33. The third kappa shape index (κ3) is 1.53. The molecule has 0 aromatic carbocycles. The number of hydrogen-bond donors (Lipinski definition) is 1. The lowest BCUT2D eigenvalue weighted by molar-refractivity contribution is -0.105. The van der Waals surface area contributed by atoms with Gasteiger partial charge in [0.05, 0.1) is 24.6 Å². The predicted molar refractivity (Wildman–Crippen MR) is 49.5 cm³/mol. The van der Waals surface area contributed by atoms with E-state index in [9.17, 15) is 5.11 Å². The summed E-state index contributed by atoms with van der Waals surface area (Å²) in [5, 5.41) is 18.0. The Bertz CT molecular complexity index is 326. The third-order valence-corrected chi connectivity index (χ3v) is 2.73. The Kier molecular flexibility index (Phi) is 2.28. The summed E-state index contributed by atoms with van der Waals surface area (Å²) in [4.78, 5) is 0. The predicted octanol–water partition coefficient (Wildman–Crippen LogP) is 0.202. The first-order valence-corrected chi connectivity index (χ1v) is 4.81. The molecule has 2 unspecified atom stereocenters. The van der Waals surface area contributed by atoms with Crippen molar-refractivity contribution in [3.05, 3.63) is 11.9 Å². The second-order valence-corrected chi connectivity index (χ2v) is 3.91. The fraction of sp³-hybridized carbons (Fsp3) is 0.778. The first kappa shape index (κ1) is 9.61. The molecule has 1 saturated heterocycles. The van der Waals surface area contributed by atoms with Crippen molar-refractivity contribution in [3.63, 3.8) is 0 Å². The summed E-state index contributed by atoms with van der Waals surface area (Å²) in [6, 6.07) is 0. The Morgan fingerprint density at radius 2 is 2.50 bits per heavy atom. The second kappa shape index (κ2) is 3.33. The van der Waals surface area contributed by atoms with Crippen LogP contribution in [0.4, 0.5) is 0 Å². The van der Waals surface area contributed by atoms with E-state index in [-0.39, 0.29) is 6.10 Å². The van der Waals surface area contributed by atoms with Crippen molar-refractivity contribution in [2.24, 2.45) is 7.05 Å². The van der Waals surface area contributed by atoms with Gasteiger partial charge in [0.2, 0.25) is 0 Å². The molecule has 1 N–H and O–H groups in total. The van der Waals surface area contributed by atoms with Gasteiger partial charge in [-0.25, -0.2) is 4.68 Å². The molecule has 1 aliphatic heterocycles. The van der Waals surface area contributed by atoms with Crippen LogP contribution in [0.2, 0.25) is 0 Å². The Balaban J connectivity index is 2.27. The van der Waals surface area contributed by atoms with Crippen LogP contribution in [0, 0.1) is 0 Å². The summed E-state index contributed by atoms with van der Waals surface area (Å²) in [6.07, 6.45) is 2.92. The van der Waals surface area contributed by atoms with E-state index in [1.54, 1.807) is 17.9 Å². The summed E-state index contributed by atoms with van der Waals surface area (Å²) < 4.78 is 7.02. The Hall–Kier alpha value is -0.940.